The maximum Gasteiger partial charge on any atom is 0.413 e. The Hall–Kier alpha value is -5.21. The Balaban J connectivity index is 0.000000229. The van der Waals surface area contributed by atoms with E-state index in [1.807, 2.05) is 0 Å². The summed E-state index contributed by atoms with van der Waals surface area (Å²) >= 11 is 5.54. The maximum atomic E-state index is 14.6. The average molecular weight is 727 g/mol. The molecule has 1 amide bonds. The molecule has 0 aliphatic heterocycles. The SMILES string of the molecule is CC(C)(C)OC(=O)Nc1nccc(-c2cc(F)c(Cl)cc2F)c1C=O.CC(C)C[C@H](N)COc1cc2c(cc1F)c1ccnc(N)c1c(=O)n2C. The molecule has 0 aliphatic carbocycles. The van der Waals surface area contributed by atoms with E-state index in [4.69, 9.17) is 32.5 Å². The number of rotatable bonds is 8. The number of benzene rings is 2. The third-order valence-corrected chi connectivity index (χ3v) is 7.74. The van der Waals surface area contributed by atoms with Gasteiger partial charge in [0.2, 0.25) is 0 Å². The minimum atomic E-state index is -0.839. The molecule has 1 atom stereocenters. The predicted octanol–water partition coefficient (Wildman–Crippen LogP) is 7.40. The lowest BCUT2D eigenvalue weighted by Gasteiger charge is -2.20. The summed E-state index contributed by atoms with van der Waals surface area (Å²) in [6, 6.07) is 7.38. The van der Waals surface area contributed by atoms with Crippen LogP contribution < -0.4 is 27.1 Å². The number of pyridine rings is 3. The van der Waals surface area contributed by atoms with Crippen LogP contribution in [0.1, 0.15) is 51.4 Å². The van der Waals surface area contributed by atoms with E-state index < -0.39 is 29.1 Å². The molecule has 5 N–H and O–H groups in total. The largest absolute Gasteiger partial charge is 0.489 e. The van der Waals surface area contributed by atoms with Crippen LogP contribution in [0.4, 0.5) is 29.6 Å². The predicted molar refractivity (Wildman–Crippen MR) is 192 cm³/mol. The summed E-state index contributed by atoms with van der Waals surface area (Å²) in [5, 5.41) is 3.38. The van der Waals surface area contributed by atoms with E-state index in [0.29, 0.717) is 28.5 Å². The van der Waals surface area contributed by atoms with Gasteiger partial charge < -0.3 is 25.5 Å². The minimum Gasteiger partial charge on any atom is -0.489 e. The van der Waals surface area contributed by atoms with Crippen LogP contribution in [-0.2, 0) is 11.8 Å². The van der Waals surface area contributed by atoms with Crippen molar-refractivity contribution < 1.29 is 32.2 Å². The van der Waals surface area contributed by atoms with Gasteiger partial charge in [0.05, 0.1) is 21.5 Å². The second-order valence-corrected chi connectivity index (χ2v) is 13.5. The molecule has 11 nitrogen and oxygen atoms in total. The van der Waals surface area contributed by atoms with Gasteiger partial charge in [-0.15, -0.1) is 0 Å². The lowest BCUT2D eigenvalue weighted by molar-refractivity contribution is 0.0635. The lowest BCUT2D eigenvalue weighted by atomic mass is 10.0. The summed E-state index contributed by atoms with van der Waals surface area (Å²) in [7, 11) is 1.61. The van der Waals surface area contributed by atoms with E-state index in [1.165, 1.54) is 35.2 Å². The summed E-state index contributed by atoms with van der Waals surface area (Å²) in [6.07, 6.45) is 3.10. The highest BCUT2D eigenvalue weighted by Gasteiger charge is 2.21. The number of nitrogens with one attached hydrogen (secondary N) is 1. The third-order valence-electron chi connectivity index (χ3n) is 7.46. The van der Waals surface area contributed by atoms with Crippen molar-refractivity contribution in [1.29, 1.82) is 0 Å². The molecular weight excluding hydrogens is 689 g/mol. The van der Waals surface area contributed by atoms with Gasteiger partial charge in [-0.25, -0.2) is 27.9 Å². The summed E-state index contributed by atoms with van der Waals surface area (Å²) in [4.78, 5) is 43.8. The number of carbonyl (C=O) groups excluding carboxylic acids is 2. The number of fused-ring (bicyclic) bond motifs is 3. The second-order valence-electron chi connectivity index (χ2n) is 13.1. The fourth-order valence-electron chi connectivity index (χ4n) is 5.28. The standard InChI is InChI=1S/C19H23FN4O2.C17H15ClF2N2O3/c1-10(2)6-11(21)9-26-16-8-15-13(7-14(16)20)12-4-5-23-18(22)17(12)19(25)24(15)3;1-17(2,3)25-16(24)22-15-11(8-23)9(4-5-21-15)10-6-14(20)12(18)7-13(10)19/h4-5,7-8,10-11H,6,9,21H2,1-3H3,(H2,22,23);4-8H,1-3H3,(H,21,22,24)/t11-;/m0./s1. The first-order valence-corrected chi connectivity index (χ1v) is 16.1. The van der Waals surface area contributed by atoms with Gasteiger partial charge in [-0.1, -0.05) is 25.4 Å². The number of halogens is 4. The molecule has 51 heavy (non-hydrogen) atoms. The van der Waals surface area contributed by atoms with Crippen LogP contribution in [0, 0.1) is 23.4 Å². The summed E-state index contributed by atoms with van der Waals surface area (Å²) < 4.78 is 54.5. The smallest absolute Gasteiger partial charge is 0.413 e. The van der Waals surface area contributed by atoms with Gasteiger partial charge in [0.1, 0.15) is 35.5 Å². The molecule has 0 aliphatic rings. The van der Waals surface area contributed by atoms with E-state index in [0.717, 1.165) is 18.6 Å². The number of aromatic nitrogens is 3. The van der Waals surface area contributed by atoms with Gasteiger partial charge in [0.15, 0.2) is 17.9 Å². The molecule has 15 heteroatoms. The molecule has 0 spiro atoms. The average Bonchev–Trinajstić information content (AvgIpc) is 3.03. The molecule has 0 saturated heterocycles. The summed E-state index contributed by atoms with van der Waals surface area (Å²) in [5.74, 6) is -1.65. The molecule has 2 aromatic carbocycles. The molecule has 270 valence electrons. The van der Waals surface area contributed by atoms with Crippen molar-refractivity contribution in [2.24, 2.45) is 18.7 Å². The van der Waals surface area contributed by atoms with Crippen LogP contribution in [0.2, 0.25) is 5.02 Å². The van der Waals surface area contributed by atoms with Crippen LogP contribution in [0.15, 0.2) is 53.6 Å². The minimum absolute atomic E-state index is 0.0594. The van der Waals surface area contributed by atoms with Crippen LogP contribution in [0.3, 0.4) is 0 Å². The Kier molecular flexibility index (Phi) is 11.9. The molecule has 0 radical (unpaired) electrons. The zero-order valence-electron chi connectivity index (χ0n) is 28.8. The van der Waals surface area contributed by atoms with Gasteiger partial charge in [0, 0.05) is 53.4 Å². The molecule has 3 heterocycles. The summed E-state index contributed by atoms with van der Waals surface area (Å²) in [6.45, 7) is 9.35. The zero-order valence-corrected chi connectivity index (χ0v) is 29.6. The molecule has 5 aromatic rings. The van der Waals surface area contributed by atoms with Crippen molar-refractivity contribution >= 4 is 57.3 Å². The number of nitrogens with zero attached hydrogens (tertiary/aromatic N) is 3. The van der Waals surface area contributed by atoms with Crippen molar-refractivity contribution in [3.8, 4) is 16.9 Å². The van der Waals surface area contributed by atoms with E-state index in [2.05, 4.69) is 29.1 Å². The third kappa shape index (κ3) is 9.13. The van der Waals surface area contributed by atoms with E-state index in [-0.39, 0.29) is 62.7 Å². The summed E-state index contributed by atoms with van der Waals surface area (Å²) in [5.41, 5.74) is 11.1. The Labute approximate surface area is 296 Å². The Morgan fingerprint density at radius 2 is 1.71 bits per heavy atom. The normalized spacial score (nSPS) is 12.0. The topological polar surface area (TPSA) is 164 Å². The highest BCUT2D eigenvalue weighted by atomic mass is 35.5. The second kappa shape index (κ2) is 15.8. The Morgan fingerprint density at radius 1 is 1.02 bits per heavy atom. The van der Waals surface area contributed by atoms with Crippen LogP contribution in [0.25, 0.3) is 32.8 Å². The highest BCUT2D eigenvalue weighted by molar-refractivity contribution is 6.30. The van der Waals surface area contributed by atoms with Crippen molar-refractivity contribution in [2.45, 2.75) is 52.7 Å². The van der Waals surface area contributed by atoms with Crippen molar-refractivity contribution in [2.75, 3.05) is 17.7 Å². The van der Waals surface area contributed by atoms with E-state index in [9.17, 15) is 27.6 Å². The Morgan fingerprint density at radius 3 is 2.35 bits per heavy atom. The molecule has 0 unspecified atom stereocenters. The number of nitrogen functional groups attached to an aromatic ring is 1. The van der Waals surface area contributed by atoms with E-state index >= 15 is 0 Å². The van der Waals surface area contributed by atoms with Gasteiger partial charge in [-0.3, -0.25) is 14.9 Å². The number of hydrogen-bond donors (Lipinski definition) is 3. The van der Waals surface area contributed by atoms with Crippen molar-refractivity contribution in [3.63, 3.8) is 0 Å². The van der Waals surface area contributed by atoms with Crippen LogP contribution in [-0.4, -0.2) is 45.2 Å². The van der Waals surface area contributed by atoms with E-state index in [1.54, 1.807) is 33.9 Å². The fourth-order valence-corrected chi connectivity index (χ4v) is 5.43. The van der Waals surface area contributed by atoms with Gasteiger partial charge in [0.25, 0.3) is 5.56 Å². The lowest BCUT2D eigenvalue weighted by Crippen LogP contribution is -2.29. The molecule has 0 bridgehead atoms. The fraction of sp³-hybridized carbons (Fsp3) is 0.306. The molecule has 5 rings (SSSR count). The van der Waals surface area contributed by atoms with Crippen LogP contribution >= 0.6 is 11.6 Å². The van der Waals surface area contributed by atoms with Gasteiger partial charge >= 0.3 is 6.09 Å². The van der Waals surface area contributed by atoms with Crippen molar-refractivity contribution in [3.05, 3.63) is 87.2 Å². The first kappa shape index (κ1) is 38.6. The highest BCUT2D eigenvalue weighted by Crippen LogP contribution is 2.33. The monoisotopic (exact) mass is 726 g/mol. The van der Waals surface area contributed by atoms with Crippen LogP contribution in [0.5, 0.6) is 5.75 Å². The number of amides is 1. The number of anilines is 2. The van der Waals surface area contributed by atoms with Gasteiger partial charge in [-0.05, 0) is 63.4 Å². The zero-order chi connectivity index (χ0) is 37.8. The van der Waals surface area contributed by atoms with Crippen molar-refractivity contribution in [1.82, 2.24) is 14.5 Å². The number of ether oxygens (including phenoxy) is 2. The number of aldehydes is 1. The van der Waals surface area contributed by atoms with Gasteiger partial charge in [-0.2, -0.15) is 0 Å². The quantitative estimate of drug-likeness (QED) is 0.0840. The maximum absolute atomic E-state index is 14.6. The molecule has 0 fully saturated rings. The molecular formula is C36H38ClF3N6O5. The number of carbonyl (C=O) groups is 2. The molecule has 3 aromatic heterocycles. The molecule has 0 saturated carbocycles. The first-order chi connectivity index (χ1) is 23.9. The number of aryl methyl sites for hydroxylation is 1. The first-order valence-electron chi connectivity index (χ1n) is 15.8. The number of nitrogens with two attached hydrogens (primary N) is 2. The number of hydrogen-bond acceptors (Lipinski definition) is 9. The Bertz CT molecular complexity index is 2170.